The van der Waals surface area contributed by atoms with Crippen molar-refractivity contribution in [3.8, 4) is 0 Å². The van der Waals surface area contributed by atoms with Gasteiger partial charge in [0.1, 0.15) is 0 Å². The fraction of sp³-hybridized carbons (Fsp3) is 0.263. The van der Waals surface area contributed by atoms with E-state index >= 15 is 0 Å². The van der Waals surface area contributed by atoms with Crippen molar-refractivity contribution in [1.82, 2.24) is 4.57 Å². The van der Waals surface area contributed by atoms with Crippen LogP contribution in [0.15, 0.2) is 54.6 Å². The van der Waals surface area contributed by atoms with Crippen LogP contribution in [0, 0.1) is 6.92 Å². The summed E-state index contributed by atoms with van der Waals surface area (Å²) in [6, 6.07) is 8.89. The number of hydrogen-bond donors (Lipinski definition) is 0. The van der Waals surface area contributed by atoms with Crippen molar-refractivity contribution in [2.45, 2.75) is 32.7 Å². The molecule has 1 heteroatoms. The van der Waals surface area contributed by atoms with Gasteiger partial charge >= 0.3 is 0 Å². The molecule has 0 fully saturated rings. The number of aryl methyl sites for hydroxylation is 1. The molecule has 0 saturated heterocycles. The number of aromatic nitrogens is 1. The first-order valence-electron chi connectivity index (χ1n) is 7.14. The molecule has 102 valence electrons. The molecular weight excluding hydrogens is 242 g/mol. The number of benzene rings is 1. The summed E-state index contributed by atoms with van der Waals surface area (Å²) >= 11 is 0. The summed E-state index contributed by atoms with van der Waals surface area (Å²) < 4.78 is 2.41. The van der Waals surface area contributed by atoms with Crippen LogP contribution in [0.5, 0.6) is 0 Å². The minimum Gasteiger partial charge on any atom is -0.331 e. The van der Waals surface area contributed by atoms with Crippen LogP contribution in [0.2, 0.25) is 0 Å². The maximum absolute atomic E-state index is 3.99. The van der Waals surface area contributed by atoms with E-state index in [0.717, 1.165) is 6.42 Å². The Labute approximate surface area is 120 Å². The van der Waals surface area contributed by atoms with Gasteiger partial charge in [0.2, 0.25) is 0 Å². The fourth-order valence-corrected chi connectivity index (χ4v) is 3.06. The normalized spacial score (nSPS) is 22.1. The quantitative estimate of drug-likeness (QED) is 0.700. The van der Waals surface area contributed by atoms with E-state index in [9.17, 15) is 0 Å². The van der Waals surface area contributed by atoms with Crippen LogP contribution in [0.3, 0.4) is 0 Å². The maximum atomic E-state index is 3.99. The zero-order valence-electron chi connectivity index (χ0n) is 12.5. The maximum Gasteiger partial charge on any atom is 0.0643 e. The van der Waals surface area contributed by atoms with Gasteiger partial charge in [-0.05, 0) is 51.5 Å². The molecule has 2 aromatic rings. The monoisotopic (exact) mass is 263 g/mol. The molecule has 1 nitrogen and oxygen atoms in total. The molecule has 0 amide bonds. The lowest BCUT2D eigenvalue weighted by Crippen LogP contribution is -2.29. The lowest BCUT2D eigenvalue weighted by atomic mass is 9.90. The third kappa shape index (κ3) is 1.94. The number of rotatable bonds is 2. The third-order valence-electron chi connectivity index (χ3n) is 4.25. The first-order chi connectivity index (χ1) is 9.53. The third-order valence-corrected chi connectivity index (χ3v) is 4.25. The van der Waals surface area contributed by atoms with Crippen molar-refractivity contribution >= 4 is 17.0 Å². The smallest absolute Gasteiger partial charge is 0.0643 e. The number of nitrogens with zero attached hydrogens (tertiary/aromatic N) is 1. The second-order valence-electron chi connectivity index (χ2n) is 6.01. The zero-order valence-corrected chi connectivity index (χ0v) is 12.5. The Kier molecular flexibility index (Phi) is 2.93. The summed E-state index contributed by atoms with van der Waals surface area (Å²) in [7, 11) is 0. The Balaban J connectivity index is 2.25. The van der Waals surface area contributed by atoms with E-state index in [0.29, 0.717) is 0 Å². The average Bonchev–Trinajstić information content (AvgIpc) is 2.80. The molecule has 3 rings (SSSR count). The van der Waals surface area contributed by atoms with Gasteiger partial charge in [0.15, 0.2) is 0 Å². The van der Waals surface area contributed by atoms with Crippen LogP contribution in [0.4, 0.5) is 0 Å². The SMILES string of the molecule is C=Cc1cc2cc(C)ccc2n1C1(C)C=CC(C)=CC1. The minimum absolute atomic E-state index is 0.0138. The van der Waals surface area contributed by atoms with Crippen LogP contribution < -0.4 is 0 Å². The molecule has 1 aliphatic carbocycles. The van der Waals surface area contributed by atoms with E-state index in [2.05, 4.69) is 74.4 Å². The van der Waals surface area contributed by atoms with Gasteiger partial charge in [0.05, 0.1) is 5.54 Å². The summed E-state index contributed by atoms with van der Waals surface area (Å²) in [6.07, 6.45) is 9.82. The Bertz CT molecular complexity index is 742. The van der Waals surface area contributed by atoms with E-state index in [-0.39, 0.29) is 5.54 Å². The van der Waals surface area contributed by atoms with E-state index in [1.165, 1.54) is 27.7 Å². The van der Waals surface area contributed by atoms with E-state index < -0.39 is 0 Å². The Morgan fingerprint density at radius 3 is 2.70 bits per heavy atom. The van der Waals surface area contributed by atoms with Gasteiger partial charge in [-0.25, -0.2) is 0 Å². The van der Waals surface area contributed by atoms with E-state index in [4.69, 9.17) is 0 Å². The Morgan fingerprint density at radius 2 is 2.05 bits per heavy atom. The van der Waals surface area contributed by atoms with Gasteiger partial charge in [-0.1, -0.05) is 42.0 Å². The van der Waals surface area contributed by atoms with Crippen molar-refractivity contribution in [3.05, 3.63) is 65.9 Å². The second kappa shape index (κ2) is 4.52. The molecule has 1 aromatic carbocycles. The highest BCUT2D eigenvalue weighted by Gasteiger charge is 2.27. The number of allylic oxidation sites excluding steroid dienone is 4. The fourth-order valence-electron chi connectivity index (χ4n) is 3.06. The molecule has 1 heterocycles. The van der Waals surface area contributed by atoms with Crippen molar-refractivity contribution in [1.29, 1.82) is 0 Å². The summed E-state index contributed by atoms with van der Waals surface area (Å²) in [5.74, 6) is 0. The van der Waals surface area contributed by atoms with Crippen molar-refractivity contribution < 1.29 is 0 Å². The molecule has 20 heavy (non-hydrogen) atoms. The highest BCUT2D eigenvalue weighted by atomic mass is 15.1. The first kappa shape index (κ1) is 13.0. The van der Waals surface area contributed by atoms with Gasteiger partial charge in [-0.15, -0.1) is 0 Å². The van der Waals surface area contributed by atoms with Gasteiger partial charge in [-0.3, -0.25) is 0 Å². The minimum atomic E-state index is -0.0138. The summed E-state index contributed by atoms with van der Waals surface area (Å²) in [4.78, 5) is 0. The summed E-state index contributed by atoms with van der Waals surface area (Å²) in [5.41, 5.74) is 5.09. The largest absolute Gasteiger partial charge is 0.331 e. The van der Waals surface area contributed by atoms with E-state index in [1.54, 1.807) is 0 Å². The molecule has 1 aromatic heterocycles. The van der Waals surface area contributed by atoms with Crippen molar-refractivity contribution in [2.24, 2.45) is 0 Å². The van der Waals surface area contributed by atoms with Crippen molar-refractivity contribution in [3.63, 3.8) is 0 Å². The average molecular weight is 263 g/mol. The van der Waals surface area contributed by atoms with Gasteiger partial charge in [-0.2, -0.15) is 0 Å². The zero-order chi connectivity index (χ0) is 14.3. The topological polar surface area (TPSA) is 4.93 Å². The molecule has 0 radical (unpaired) electrons. The first-order valence-corrected chi connectivity index (χ1v) is 7.14. The van der Waals surface area contributed by atoms with E-state index in [1.807, 2.05) is 6.08 Å². The number of fused-ring (bicyclic) bond motifs is 1. The molecule has 0 bridgehead atoms. The van der Waals surface area contributed by atoms with Gasteiger partial charge in [0.25, 0.3) is 0 Å². The highest BCUT2D eigenvalue weighted by Crippen LogP contribution is 2.35. The van der Waals surface area contributed by atoms with Crippen LogP contribution in [-0.4, -0.2) is 4.57 Å². The lowest BCUT2D eigenvalue weighted by Gasteiger charge is -2.32. The molecule has 0 N–H and O–H groups in total. The Morgan fingerprint density at radius 1 is 1.25 bits per heavy atom. The molecular formula is C19H21N. The molecule has 0 aliphatic heterocycles. The summed E-state index contributed by atoms with van der Waals surface area (Å²) in [6.45, 7) is 10.6. The predicted octanol–water partition coefficient (Wildman–Crippen LogP) is 5.21. The van der Waals surface area contributed by atoms with Crippen LogP contribution >= 0.6 is 0 Å². The summed E-state index contributed by atoms with van der Waals surface area (Å²) in [5, 5.41) is 1.29. The molecule has 0 saturated carbocycles. The lowest BCUT2D eigenvalue weighted by molar-refractivity contribution is 0.421. The molecule has 1 aliphatic rings. The molecule has 0 spiro atoms. The van der Waals surface area contributed by atoms with Crippen molar-refractivity contribution in [2.75, 3.05) is 0 Å². The van der Waals surface area contributed by atoms with Crippen LogP contribution in [0.25, 0.3) is 17.0 Å². The predicted molar refractivity (Wildman–Crippen MR) is 87.9 cm³/mol. The number of hydrogen-bond acceptors (Lipinski definition) is 0. The van der Waals surface area contributed by atoms with Gasteiger partial charge < -0.3 is 4.57 Å². The van der Waals surface area contributed by atoms with Crippen LogP contribution in [0.1, 0.15) is 31.5 Å². The van der Waals surface area contributed by atoms with Crippen LogP contribution in [-0.2, 0) is 5.54 Å². The second-order valence-corrected chi connectivity index (χ2v) is 6.01. The highest BCUT2D eigenvalue weighted by molar-refractivity contribution is 5.84. The standard InChI is InChI=1S/C19H21N/c1-5-17-13-16-12-15(3)6-7-18(16)20(17)19(4)10-8-14(2)9-11-19/h5-10,12-13H,1,11H2,2-4H3. The molecule has 1 atom stereocenters. The molecule has 1 unspecified atom stereocenters. The Hall–Kier alpha value is -2.02. The van der Waals surface area contributed by atoms with Gasteiger partial charge in [0, 0.05) is 16.6 Å².